The van der Waals surface area contributed by atoms with Crippen LogP contribution in [0.15, 0.2) is 28.9 Å². The fourth-order valence-corrected chi connectivity index (χ4v) is 1.58. The topological polar surface area (TPSA) is 90.7 Å². The molecule has 0 saturated carbocycles. The van der Waals surface area contributed by atoms with E-state index in [9.17, 15) is 4.79 Å². The van der Waals surface area contributed by atoms with Crippen molar-refractivity contribution in [2.45, 2.75) is 20.8 Å². The van der Waals surface area contributed by atoms with E-state index in [2.05, 4.69) is 4.99 Å². The number of esters is 1. The molecule has 5 nitrogen and oxygen atoms in total. The van der Waals surface area contributed by atoms with Crippen LogP contribution in [0.4, 0.5) is 0 Å². The molecule has 0 aromatic carbocycles. The number of allylic oxidation sites excluding steroid dienone is 1. The third-order valence-corrected chi connectivity index (χ3v) is 2.53. The molecule has 94 valence electrons. The summed E-state index contributed by atoms with van der Waals surface area (Å²) in [5.74, 6) is -0.717. The van der Waals surface area contributed by atoms with Crippen LogP contribution in [-0.2, 0) is 9.53 Å². The van der Waals surface area contributed by atoms with Crippen LogP contribution in [0.5, 0.6) is 0 Å². The highest BCUT2D eigenvalue weighted by Crippen LogP contribution is 2.34. The summed E-state index contributed by atoms with van der Waals surface area (Å²) in [7, 11) is 0. The molecule has 0 spiro atoms. The van der Waals surface area contributed by atoms with Crippen molar-refractivity contribution in [3.8, 4) is 0 Å². The molecular formula is C12H19N3O2. The molecule has 0 radical (unpaired) electrons. The third kappa shape index (κ3) is 3.34. The Morgan fingerprint density at radius 1 is 1.53 bits per heavy atom. The highest BCUT2D eigenvalue weighted by molar-refractivity contribution is 5.79. The van der Waals surface area contributed by atoms with E-state index in [1.165, 1.54) is 0 Å². The first-order valence-corrected chi connectivity index (χ1v) is 5.54. The predicted molar refractivity (Wildman–Crippen MR) is 66.9 cm³/mol. The summed E-state index contributed by atoms with van der Waals surface area (Å²) in [6.07, 6.45) is 5.46. The highest BCUT2D eigenvalue weighted by Gasteiger charge is 2.28. The summed E-state index contributed by atoms with van der Waals surface area (Å²) in [5, 5.41) is 0. The number of guanidine groups is 1. The highest BCUT2D eigenvalue weighted by atomic mass is 16.5. The van der Waals surface area contributed by atoms with Crippen LogP contribution in [0.25, 0.3) is 0 Å². The molecule has 17 heavy (non-hydrogen) atoms. The fourth-order valence-electron chi connectivity index (χ4n) is 1.58. The van der Waals surface area contributed by atoms with Gasteiger partial charge in [0.05, 0.1) is 18.2 Å². The quantitative estimate of drug-likeness (QED) is 0.330. The van der Waals surface area contributed by atoms with Crippen molar-refractivity contribution < 1.29 is 9.53 Å². The first kappa shape index (κ1) is 13.3. The predicted octanol–water partition coefficient (Wildman–Crippen LogP) is 0.919. The summed E-state index contributed by atoms with van der Waals surface area (Å²) in [6.45, 7) is 6.08. The number of carbonyl (C=O) groups is 1. The normalized spacial score (nSPS) is 21.6. The van der Waals surface area contributed by atoms with Crippen molar-refractivity contribution in [2.24, 2.45) is 27.8 Å². The second-order valence-corrected chi connectivity index (χ2v) is 4.45. The Kier molecular flexibility index (Phi) is 3.93. The number of ether oxygens (including phenoxy) is 1. The Labute approximate surface area is 101 Å². The zero-order valence-corrected chi connectivity index (χ0v) is 10.4. The molecule has 1 unspecified atom stereocenters. The minimum absolute atomic E-state index is 0.0118. The van der Waals surface area contributed by atoms with Crippen molar-refractivity contribution in [2.75, 3.05) is 6.61 Å². The second-order valence-electron chi connectivity index (χ2n) is 4.45. The van der Waals surface area contributed by atoms with Gasteiger partial charge in [0, 0.05) is 5.41 Å². The van der Waals surface area contributed by atoms with Gasteiger partial charge in [0.25, 0.3) is 0 Å². The monoisotopic (exact) mass is 237 g/mol. The van der Waals surface area contributed by atoms with E-state index in [-0.39, 0.29) is 17.3 Å². The van der Waals surface area contributed by atoms with Gasteiger partial charge in [-0.05, 0) is 13.0 Å². The lowest BCUT2D eigenvalue weighted by Gasteiger charge is -2.26. The molecule has 0 fully saturated rings. The van der Waals surface area contributed by atoms with Crippen LogP contribution in [-0.4, -0.2) is 18.5 Å². The largest absolute Gasteiger partial charge is 0.465 e. The van der Waals surface area contributed by atoms with Gasteiger partial charge >= 0.3 is 5.97 Å². The standard InChI is InChI=1S/C12H19N3O2/c1-4-17-10(16)8-5-6-12(2,3)9(7-8)15-11(13)14/h5-8H,4H2,1-3H3,(H4,13,14,15). The molecule has 1 atom stereocenters. The smallest absolute Gasteiger partial charge is 0.316 e. The molecule has 0 heterocycles. The van der Waals surface area contributed by atoms with Crippen molar-refractivity contribution in [3.05, 3.63) is 23.9 Å². The molecule has 0 aromatic rings. The summed E-state index contributed by atoms with van der Waals surface area (Å²) >= 11 is 0. The van der Waals surface area contributed by atoms with Gasteiger partial charge in [-0.3, -0.25) is 4.79 Å². The number of hydrogen-bond acceptors (Lipinski definition) is 3. The fraction of sp³-hybridized carbons (Fsp3) is 0.500. The van der Waals surface area contributed by atoms with Crippen LogP contribution in [0.1, 0.15) is 20.8 Å². The minimum Gasteiger partial charge on any atom is -0.465 e. The summed E-state index contributed by atoms with van der Waals surface area (Å²) in [5.41, 5.74) is 11.1. The van der Waals surface area contributed by atoms with Gasteiger partial charge in [-0.15, -0.1) is 0 Å². The molecular weight excluding hydrogens is 218 g/mol. The number of nitrogens with two attached hydrogens (primary N) is 2. The average Bonchev–Trinajstić information content (AvgIpc) is 2.20. The Morgan fingerprint density at radius 2 is 2.18 bits per heavy atom. The zero-order valence-electron chi connectivity index (χ0n) is 10.4. The van der Waals surface area contributed by atoms with Gasteiger partial charge in [-0.2, -0.15) is 0 Å². The third-order valence-electron chi connectivity index (χ3n) is 2.53. The maximum absolute atomic E-state index is 11.6. The van der Waals surface area contributed by atoms with Gasteiger partial charge in [0.15, 0.2) is 5.96 Å². The lowest BCUT2D eigenvalue weighted by atomic mass is 9.82. The molecule has 1 aliphatic rings. The number of rotatable bonds is 3. The van der Waals surface area contributed by atoms with Crippen molar-refractivity contribution in [1.29, 1.82) is 0 Å². The summed E-state index contributed by atoms with van der Waals surface area (Å²) in [4.78, 5) is 15.7. The Morgan fingerprint density at radius 3 is 2.71 bits per heavy atom. The number of carbonyl (C=O) groups excluding carboxylic acids is 1. The first-order chi connectivity index (χ1) is 7.86. The van der Waals surface area contributed by atoms with Gasteiger partial charge in [-0.1, -0.05) is 26.0 Å². The van der Waals surface area contributed by atoms with Crippen molar-refractivity contribution in [1.82, 2.24) is 0 Å². The number of hydrogen-bond donors (Lipinski definition) is 2. The average molecular weight is 237 g/mol. The lowest BCUT2D eigenvalue weighted by Crippen LogP contribution is -2.27. The van der Waals surface area contributed by atoms with Gasteiger partial charge in [0.2, 0.25) is 0 Å². The molecule has 0 bridgehead atoms. The van der Waals surface area contributed by atoms with E-state index in [1.54, 1.807) is 13.0 Å². The zero-order chi connectivity index (χ0) is 13.1. The SMILES string of the molecule is CCOC(=O)C1C=CC(C)(C)C(N=C(N)N)=C1. The summed E-state index contributed by atoms with van der Waals surface area (Å²) < 4.78 is 4.96. The lowest BCUT2D eigenvalue weighted by molar-refractivity contribution is -0.144. The summed E-state index contributed by atoms with van der Waals surface area (Å²) in [6, 6.07) is 0. The van der Waals surface area contributed by atoms with Crippen LogP contribution in [0, 0.1) is 11.3 Å². The molecule has 4 N–H and O–H groups in total. The van der Waals surface area contributed by atoms with Crippen LogP contribution < -0.4 is 11.5 Å². The Balaban J connectivity index is 2.98. The maximum atomic E-state index is 11.6. The molecule has 5 heteroatoms. The molecule has 0 saturated heterocycles. The van der Waals surface area contributed by atoms with E-state index in [0.29, 0.717) is 12.3 Å². The number of aliphatic imine (C=N–C) groups is 1. The van der Waals surface area contributed by atoms with Crippen molar-refractivity contribution in [3.63, 3.8) is 0 Å². The Hall–Kier alpha value is -1.78. The van der Waals surface area contributed by atoms with Crippen molar-refractivity contribution >= 4 is 11.9 Å². The molecule has 0 aliphatic heterocycles. The van der Waals surface area contributed by atoms with E-state index >= 15 is 0 Å². The number of nitrogens with zero attached hydrogens (tertiary/aromatic N) is 1. The van der Waals surface area contributed by atoms with E-state index in [4.69, 9.17) is 16.2 Å². The van der Waals surface area contributed by atoms with E-state index in [1.807, 2.05) is 26.0 Å². The Bertz CT molecular complexity index is 391. The van der Waals surface area contributed by atoms with Crippen LogP contribution in [0.2, 0.25) is 0 Å². The van der Waals surface area contributed by atoms with Gasteiger partial charge < -0.3 is 16.2 Å². The minimum atomic E-state index is -0.416. The molecule has 1 aliphatic carbocycles. The molecule has 0 amide bonds. The molecule has 0 aromatic heterocycles. The molecule has 1 rings (SSSR count). The van der Waals surface area contributed by atoms with Crippen LogP contribution >= 0.6 is 0 Å². The van der Waals surface area contributed by atoms with E-state index < -0.39 is 5.92 Å². The maximum Gasteiger partial charge on any atom is 0.316 e. The van der Waals surface area contributed by atoms with Crippen LogP contribution in [0.3, 0.4) is 0 Å². The van der Waals surface area contributed by atoms with E-state index in [0.717, 1.165) is 0 Å². The second kappa shape index (κ2) is 5.03. The first-order valence-electron chi connectivity index (χ1n) is 5.54. The van der Waals surface area contributed by atoms with Gasteiger partial charge in [-0.25, -0.2) is 4.99 Å². The van der Waals surface area contributed by atoms with Gasteiger partial charge in [0.1, 0.15) is 0 Å².